The summed E-state index contributed by atoms with van der Waals surface area (Å²) in [4.78, 5) is 7.81. The van der Waals surface area contributed by atoms with E-state index in [0.29, 0.717) is 5.92 Å². The van der Waals surface area contributed by atoms with Gasteiger partial charge in [-0.05, 0) is 17.5 Å². The fourth-order valence-corrected chi connectivity index (χ4v) is 1.81. The van der Waals surface area contributed by atoms with E-state index in [1.165, 1.54) is 5.56 Å². The maximum absolute atomic E-state index is 7.01. The van der Waals surface area contributed by atoms with E-state index in [0.717, 1.165) is 12.1 Å². The van der Waals surface area contributed by atoms with Gasteiger partial charge in [-0.15, -0.1) is 0 Å². The van der Waals surface area contributed by atoms with Crippen LogP contribution in [0, 0.1) is 6.57 Å². The van der Waals surface area contributed by atoms with Crippen molar-refractivity contribution in [3.8, 4) is 0 Å². The van der Waals surface area contributed by atoms with E-state index in [4.69, 9.17) is 6.57 Å². The second kappa shape index (κ2) is 2.60. The molecule has 0 bridgehead atoms. The molecule has 0 radical (unpaired) electrons. The van der Waals surface area contributed by atoms with E-state index in [2.05, 4.69) is 22.8 Å². The zero-order chi connectivity index (χ0) is 8.55. The molecule has 0 saturated carbocycles. The van der Waals surface area contributed by atoms with Gasteiger partial charge in [0.05, 0.1) is 0 Å². The Morgan fingerprint density at radius 1 is 1.67 bits per heavy atom. The molecular formula is C10H10N2. The first-order chi connectivity index (χ1) is 5.83. The molecule has 60 valence electrons. The van der Waals surface area contributed by atoms with E-state index < -0.39 is 0 Å². The van der Waals surface area contributed by atoms with Crippen molar-refractivity contribution >= 4 is 0 Å². The highest BCUT2D eigenvalue weighted by atomic mass is 14.8. The molecule has 0 aromatic carbocycles. The van der Waals surface area contributed by atoms with E-state index in [9.17, 15) is 0 Å². The fraction of sp³-hybridized carbons (Fsp3) is 0.400. The molecule has 2 atom stereocenters. The third-order valence-electron chi connectivity index (χ3n) is 2.45. The molecule has 0 unspecified atom stereocenters. The number of fused-ring (bicyclic) bond motifs is 1. The molecule has 2 heteroatoms. The number of rotatable bonds is 0. The number of aromatic nitrogens is 1. The van der Waals surface area contributed by atoms with Crippen molar-refractivity contribution in [2.45, 2.75) is 25.3 Å². The van der Waals surface area contributed by atoms with Crippen molar-refractivity contribution in [3.05, 3.63) is 41.0 Å². The van der Waals surface area contributed by atoms with Gasteiger partial charge in [0.25, 0.3) is 6.04 Å². The topological polar surface area (TPSA) is 17.2 Å². The molecule has 2 rings (SSSR count). The SMILES string of the molecule is [C-]#[N+][C@H]1C[C@@H](C)c2cccnc21. The maximum atomic E-state index is 7.01. The van der Waals surface area contributed by atoms with Crippen LogP contribution < -0.4 is 0 Å². The summed E-state index contributed by atoms with van der Waals surface area (Å²) in [5.74, 6) is 0.507. The molecule has 1 aromatic heterocycles. The average molecular weight is 158 g/mol. The molecule has 1 heterocycles. The third kappa shape index (κ3) is 0.902. The molecule has 12 heavy (non-hydrogen) atoms. The lowest BCUT2D eigenvalue weighted by molar-refractivity contribution is 0.693. The van der Waals surface area contributed by atoms with Gasteiger partial charge in [0, 0.05) is 12.6 Å². The Kier molecular flexibility index (Phi) is 1.58. The summed E-state index contributed by atoms with van der Waals surface area (Å²) in [6.45, 7) is 9.16. The van der Waals surface area contributed by atoms with Gasteiger partial charge in [0.2, 0.25) is 0 Å². The lowest BCUT2D eigenvalue weighted by Crippen LogP contribution is -1.89. The van der Waals surface area contributed by atoms with Crippen LogP contribution in [-0.4, -0.2) is 4.98 Å². The molecular weight excluding hydrogens is 148 g/mol. The number of hydrogen-bond acceptors (Lipinski definition) is 1. The Balaban J connectivity index is 2.52. The highest BCUT2D eigenvalue weighted by Gasteiger charge is 2.33. The molecule has 0 amide bonds. The van der Waals surface area contributed by atoms with Crippen LogP contribution in [0.4, 0.5) is 0 Å². The Bertz CT molecular complexity index is 338. The minimum absolute atomic E-state index is 0.0104. The highest BCUT2D eigenvalue weighted by molar-refractivity contribution is 5.33. The lowest BCUT2D eigenvalue weighted by Gasteiger charge is -1.98. The lowest BCUT2D eigenvalue weighted by atomic mass is 10.1. The number of pyridine rings is 1. The first-order valence-corrected chi connectivity index (χ1v) is 4.14. The van der Waals surface area contributed by atoms with Gasteiger partial charge in [0.15, 0.2) is 0 Å². The van der Waals surface area contributed by atoms with Crippen LogP contribution in [0.15, 0.2) is 18.3 Å². The standard InChI is InChI=1S/C10H10N2/c1-7-6-9(11-2)10-8(7)4-3-5-12-10/h3-5,7,9H,6H2,1H3/t7-,9+/m1/s1. The van der Waals surface area contributed by atoms with E-state index in [1.54, 1.807) is 6.20 Å². The monoisotopic (exact) mass is 158 g/mol. The normalized spacial score (nSPS) is 26.3. The third-order valence-corrected chi connectivity index (χ3v) is 2.45. The van der Waals surface area contributed by atoms with Gasteiger partial charge in [-0.2, -0.15) is 0 Å². The van der Waals surface area contributed by atoms with E-state index in [-0.39, 0.29) is 6.04 Å². The molecule has 1 aliphatic rings. The van der Waals surface area contributed by atoms with Gasteiger partial charge in [-0.1, -0.05) is 13.0 Å². The summed E-state index contributed by atoms with van der Waals surface area (Å²) >= 11 is 0. The maximum Gasteiger partial charge on any atom is 0.266 e. The van der Waals surface area contributed by atoms with Gasteiger partial charge >= 0.3 is 0 Å². The Labute approximate surface area is 72.1 Å². The van der Waals surface area contributed by atoms with Crippen molar-refractivity contribution < 1.29 is 0 Å². The molecule has 0 N–H and O–H groups in total. The number of hydrogen-bond donors (Lipinski definition) is 0. The van der Waals surface area contributed by atoms with Crippen LogP contribution in [0.2, 0.25) is 0 Å². The van der Waals surface area contributed by atoms with Gasteiger partial charge < -0.3 is 4.85 Å². The fourth-order valence-electron chi connectivity index (χ4n) is 1.81. The smallest absolute Gasteiger partial charge is 0.266 e. The van der Waals surface area contributed by atoms with Gasteiger partial charge in [-0.25, -0.2) is 6.57 Å². The zero-order valence-electron chi connectivity index (χ0n) is 6.99. The van der Waals surface area contributed by atoms with Crippen LogP contribution >= 0.6 is 0 Å². The van der Waals surface area contributed by atoms with Crippen LogP contribution in [0.3, 0.4) is 0 Å². The Morgan fingerprint density at radius 3 is 3.25 bits per heavy atom. The van der Waals surface area contributed by atoms with Crippen molar-refractivity contribution in [3.63, 3.8) is 0 Å². The highest BCUT2D eigenvalue weighted by Crippen LogP contribution is 2.40. The first kappa shape index (κ1) is 7.30. The molecule has 0 spiro atoms. The van der Waals surface area contributed by atoms with E-state index in [1.807, 2.05) is 6.07 Å². The van der Waals surface area contributed by atoms with E-state index >= 15 is 0 Å². The van der Waals surface area contributed by atoms with Gasteiger partial charge in [-0.3, -0.25) is 4.98 Å². The molecule has 1 aliphatic carbocycles. The summed E-state index contributed by atoms with van der Waals surface area (Å²) in [6.07, 6.45) is 2.71. The van der Waals surface area contributed by atoms with Crippen LogP contribution in [0.5, 0.6) is 0 Å². The Morgan fingerprint density at radius 2 is 2.50 bits per heavy atom. The van der Waals surface area contributed by atoms with Crippen molar-refractivity contribution in [1.82, 2.24) is 4.98 Å². The largest absolute Gasteiger partial charge is 0.307 e. The quantitative estimate of drug-likeness (QED) is 0.530. The summed E-state index contributed by atoms with van der Waals surface area (Å²) in [6, 6.07) is 4.04. The second-order valence-corrected chi connectivity index (χ2v) is 3.26. The molecule has 0 fully saturated rings. The van der Waals surface area contributed by atoms with Crippen LogP contribution in [0.25, 0.3) is 4.85 Å². The predicted molar refractivity (Wildman–Crippen MR) is 46.6 cm³/mol. The van der Waals surface area contributed by atoms with Crippen molar-refractivity contribution in [2.75, 3.05) is 0 Å². The van der Waals surface area contributed by atoms with Crippen LogP contribution in [0.1, 0.15) is 36.6 Å². The van der Waals surface area contributed by atoms with Crippen molar-refractivity contribution in [2.24, 2.45) is 0 Å². The molecule has 0 saturated heterocycles. The molecule has 2 nitrogen and oxygen atoms in total. The zero-order valence-corrected chi connectivity index (χ0v) is 6.99. The first-order valence-electron chi connectivity index (χ1n) is 4.14. The molecule has 0 aliphatic heterocycles. The Hall–Kier alpha value is -1.36. The minimum atomic E-state index is 0.0104. The summed E-state index contributed by atoms with van der Waals surface area (Å²) in [5.41, 5.74) is 2.26. The minimum Gasteiger partial charge on any atom is -0.307 e. The van der Waals surface area contributed by atoms with Crippen molar-refractivity contribution in [1.29, 1.82) is 0 Å². The summed E-state index contributed by atoms with van der Waals surface area (Å²) < 4.78 is 0. The summed E-state index contributed by atoms with van der Waals surface area (Å²) in [7, 11) is 0. The molecule has 1 aromatic rings. The second-order valence-electron chi connectivity index (χ2n) is 3.26. The van der Waals surface area contributed by atoms with Gasteiger partial charge in [0.1, 0.15) is 5.69 Å². The number of nitrogens with zero attached hydrogens (tertiary/aromatic N) is 2. The average Bonchev–Trinajstić information content (AvgIpc) is 2.44. The summed E-state index contributed by atoms with van der Waals surface area (Å²) in [5, 5.41) is 0. The van der Waals surface area contributed by atoms with Crippen LogP contribution in [-0.2, 0) is 0 Å². The predicted octanol–water partition coefficient (Wildman–Crippen LogP) is 2.55.